The zero-order chi connectivity index (χ0) is 20.2. The van der Waals surface area contributed by atoms with E-state index in [-0.39, 0.29) is 23.2 Å². The van der Waals surface area contributed by atoms with Crippen molar-refractivity contribution < 1.29 is 18.1 Å². The summed E-state index contributed by atoms with van der Waals surface area (Å²) in [7, 11) is -3.33. The second-order valence-electron chi connectivity index (χ2n) is 7.36. The van der Waals surface area contributed by atoms with Crippen molar-refractivity contribution in [3.05, 3.63) is 63.7 Å². The van der Waals surface area contributed by atoms with Gasteiger partial charge in [0.25, 0.3) is 5.69 Å². The minimum absolute atomic E-state index is 0.123. The van der Waals surface area contributed by atoms with Gasteiger partial charge < -0.3 is 0 Å². The molecule has 2 aromatic carbocycles. The van der Waals surface area contributed by atoms with Crippen molar-refractivity contribution in [2.45, 2.75) is 25.9 Å². The van der Waals surface area contributed by atoms with Crippen LogP contribution in [0, 0.1) is 24.0 Å². The van der Waals surface area contributed by atoms with Crippen molar-refractivity contribution in [1.82, 2.24) is 0 Å². The number of nitrogens with zero attached hydrogens (tertiary/aromatic N) is 3. The van der Waals surface area contributed by atoms with Crippen LogP contribution in [-0.2, 0) is 9.84 Å². The van der Waals surface area contributed by atoms with E-state index in [1.165, 1.54) is 28.0 Å². The summed E-state index contributed by atoms with van der Waals surface area (Å²) in [4.78, 5) is 26.8. The number of sulfone groups is 1. The van der Waals surface area contributed by atoms with Crippen LogP contribution in [0.25, 0.3) is 0 Å². The van der Waals surface area contributed by atoms with Crippen molar-refractivity contribution in [1.29, 1.82) is 0 Å². The van der Waals surface area contributed by atoms with Gasteiger partial charge in [0.15, 0.2) is 9.84 Å². The zero-order valence-corrected chi connectivity index (χ0v) is 16.2. The van der Waals surface area contributed by atoms with Crippen molar-refractivity contribution in [2.75, 3.05) is 21.3 Å². The number of aryl methyl sites for hydroxylation is 2. The van der Waals surface area contributed by atoms with E-state index in [4.69, 9.17) is 0 Å². The van der Waals surface area contributed by atoms with Gasteiger partial charge in [0.05, 0.1) is 34.2 Å². The summed E-state index contributed by atoms with van der Waals surface area (Å²) in [6.45, 7) is 3.83. The van der Waals surface area contributed by atoms with Gasteiger partial charge in [0, 0.05) is 17.8 Å². The number of hydrogen-bond acceptors (Lipinski definition) is 5. The first kappa shape index (κ1) is 18.4. The van der Waals surface area contributed by atoms with Crippen LogP contribution in [0.5, 0.6) is 0 Å². The summed E-state index contributed by atoms with van der Waals surface area (Å²) in [6.07, 6.45) is 0. The van der Waals surface area contributed by atoms with Crippen molar-refractivity contribution >= 4 is 32.9 Å². The first-order valence-corrected chi connectivity index (χ1v) is 10.6. The Morgan fingerprint density at radius 3 is 2.11 bits per heavy atom. The van der Waals surface area contributed by atoms with Crippen LogP contribution in [-0.4, -0.2) is 43.0 Å². The molecule has 2 aliphatic rings. The first-order valence-electron chi connectivity index (χ1n) is 8.82. The molecule has 2 atom stereocenters. The van der Waals surface area contributed by atoms with Crippen molar-refractivity contribution in [3.8, 4) is 0 Å². The molecule has 146 valence electrons. The number of hydrogen-bond donors (Lipinski definition) is 0. The molecule has 2 aromatic rings. The van der Waals surface area contributed by atoms with Crippen LogP contribution < -0.4 is 9.80 Å². The maximum atomic E-state index is 13.3. The molecule has 0 spiro atoms. The van der Waals surface area contributed by atoms with Crippen molar-refractivity contribution in [3.63, 3.8) is 0 Å². The third-order valence-electron chi connectivity index (χ3n) is 5.17. The van der Waals surface area contributed by atoms with Crippen LogP contribution in [0.3, 0.4) is 0 Å². The normalized spacial score (nSPS) is 23.1. The van der Waals surface area contributed by atoms with Gasteiger partial charge >= 0.3 is 6.03 Å². The van der Waals surface area contributed by atoms with Crippen LogP contribution in [0.4, 0.5) is 21.9 Å². The minimum Gasteiger partial charge on any atom is -0.288 e. The molecule has 2 saturated heterocycles. The smallest absolute Gasteiger partial charge is 0.288 e. The molecular weight excluding hydrogens is 382 g/mol. The molecule has 0 aromatic heterocycles. The maximum Gasteiger partial charge on any atom is 0.329 e. The predicted molar refractivity (Wildman–Crippen MR) is 106 cm³/mol. The highest BCUT2D eigenvalue weighted by Crippen LogP contribution is 2.39. The molecule has 2 heterocycles. The lowest BCUT2D eigenvalue weighted by molar-refractivity contribution is -0.384. The van der Waals surface area contributed by atoms with E-state index in [0.717, 1.165) is 11.1 Å². The number of benzene rings is 2. The number of nitro benzene ring substituents is 1. The molecule has 2 aliphatic heterocycles. The Kier molecular flexibility index (Phi) is 4.15. The molecule has 9 heteroatoms. The highest BCUT2D eigenvalue weighted by molar-refractivity contribution is 7.91. The summed E-state index contributed by atoms with van der Waals surface area (Å²) in [6, 6.07) is 9.95. The van der Waals surface area contributed by atoms with Gasteiger partial charge in [-0.2, -0.15) is 0 Å². The topological polar surface area (TPSA) is 101 Å². The second-order valence-corrected chi connectivity index (χ2v) is 9.51. The Morgan fingerprint density at radius 1 is 0.964 bits per heavy atom. The molecule has 0 radical (unpaired) electrons. The van der Waals surface area contributed by atoms with Crippen LogP contribution in [0.2, 0.25) is 0 Å². The van der Waals surface area contributed by atoms with Gasteiger partial charge in [-0.3, -0.25) is 19.9 Å². The van der Waals surface area contributed by atoms with E-state index in [1.54, 1.807) is 6.07 Å². The van der Waals surface area contributed by atoms with Crippen LogP contribution in [0.15, 0.2) is 42.5 Å². The molecule has 0 N–H and O–H groups in total. The number of nitro groups is 1. The van der Waals surface area contributed by atoms with E-state index < -0.39 is 26.8 Å². The fourth-order valence-corrected chi connectivity index (χ4v) is 6.07. The van der Waals surface area contributed by atoms with Crippen molar-refractivity contribution in [2.24, 2.45) is 0 Å². The quantitative estimate of drug-likeness (QED) is 0.447. The fraction of sp³-hybridized carbons (Fsp3) is 0.316. The van der Waals surface area contributed by atoms with Gasteiger partial charge in [0.1, 0.15) is 0 Å². The van der Waals surface area contributed by atoms with E-state index in [1.807, 2.05) is 32.0 Å². The Hall–Kier alpha value is -2.94. The van der Waals surface area contributed by atoms with Gasteiger partial charge in [-0.25, -0.2) is 13.2 Å². The lowest BCUT2D eigenvalue weighted by Gasteiger charge is -2.23. The van der Waals surface area contributed by atoms with Gasteiger partial charge in [-0.15, -0.1) is 0 Å². The second kappa shape index (κ2) is 6.30. The van der Waals surface area contributed by atoms with E-state index in [9.17, 15) is 23.3 Å². The minimum atomic E-state index is -3.33. The standard InChI is InChI=1S/C19H19N3O5S/c1-12-6-13(2)8-16(7-12)21-18-11-28(26,27)10-17(18)20(19(21)23)14-4-3-5-15(9-14)22(24)25/h3-9,17-18H,10-11H2,1-2H3. The molecule has 4 rings (SSSR count). The molecule has 2 amide bonds. The maximum absolute atomic E-state index is 13.3. The number of carbonyl (C=O) groups excluding carboxylic acids is 1. The summed E-state index contributed by atoms with van der Waals surface area (Å²) in [5.41, 5.74) is 2.76. The molecule has 28 heavy (non-hydrogen) atoms. The van der Waals surface area contributed by atoms with Gasteiger partial charge in [-0.1, -0.05) is 12.1 Å². The lowest BCUT2D eigenvalue weighted by atomic mass is 10.1. The monoisotopic (exact) mass is 401 g/mol. The summed E-state index contributed by atoms with van der Waals surface area (Å²) < 4.78 is 24.7. The summed E-state index contributed by atoms with van der Waals surface area (Å²) in [5, 5.41) is 11.1. The Balaban J connectivity index is 1.83. The first-order chi connectivity index (χ1) is 13.2. The SMILES string of the molecule is Cc1cc(C)cc(N2C(=O)N(c3cccc([N+](=O)[O-])c3)C3CS(=O)(=O)CC32)c1. The highest BCUT2D eigenvalue weighted by Gasteiger charge is 2.54. The molecule has 0 saturated carbocycles. The fourth-order valence-electron chi connectivity index (χ4n) is 4.15. The van der Waals surface area contributed by atoms with Crippen LogP contribution in [0.1, 0.15) is 11.1 Å². The van der Waals surface area contributed by atoms with E-state index in [0.29, 0.717) is 11.4 Å². The summed E-state index contributed by atoms with van der Waals surface area (Å²) >= 11 is 0. The molecule has 2 unspecified atom stereocenters. The molecule has 2 fully saturated rings. The number of fused-ring (bicyclic) bond motifs is 1. The third kappa shape index (κ3) is 3.01. The molecular formula is C19H19N3O5S. The average Bonchev–Trinajstić information content (AvgIpc) is 3.02. The highest BCUT2D eigenvalue weighted by atomic mass is 32.2. The zero-order valence-electron chi connectivity index (χ0n) is 15.4. The Bertz CT molecular complexity index is 1080. The van der Waals surface area contributed by atoms with Crippen LogP contribution >= 0.6 is 0 Å². The average molecular weight is 401 g/mol. The Morgan fingerprint density at radius 2 is 1.54 bits per heavy atom. The number of amides is 2. The predicted octanol–water partition coefficient (Wildman–Crippen LogP) is 2.82. The lowest BCUT2D eigenvalue weighted by Crippen LogP contribution is -2.38. The molecule has 0 aliphatic carbocycles. The summed E-state index contributed by atoms with van der Waals surface area (Å²) in [5.74, 6) is -0.283. The largest absolute Gasteiger partial charge is 0.329 e. The molecule has 8 nitrogen and oxygen atoms in total. The number of non-ortho nitro benzene ring substituents is 1. The number of urea groups is 1. The third-order valence-corrected chi connectivity index (χ3v) is 6.87. The van der Waals surface area contributed by atoms with Gasteiger partial charge in [-0.05, 0) is 43.2 Å². The number of rotatable bonds is 3. The molecule has 0 bridgehead atoms. The Labute approximate surface area is 162 Å². The number of carbonyl (C=O) groups is 1. The number of anilines is 2. The van der Waals surface area contributed by atoms with Gasteiger partial charge in [0.2, 0.25) is 0 Å². The van der Waals surface area contributed by atoms with E-state index >= 15 is 0 Å². The van der Waals surface area contributed by atoms with E-state index in [2.05, 4.69) is 0 Å².